The first-order valence-corrected chi connectivity index (χ1v) is 13.3. The molecule has 10 heteroatoms. The van der Waals surface area contributed by atoms with Gasteiger partial charge in [0.15, 0.2) is 0 Å². The van der Waals surface area contributed by atoms with Crippen molar-refractivity contribution < 1.29 is 24.2 Å². The predicted molar refractivity (Wildman–Crippen MR) is 137 cm³/mol. The Balaban J connectivity index is 1.57. The van der Waals surface area contributed by atoms with E-state index >= 15 is 0 Å². The van der Waals surface area contributed by atoms with E-state index in [1.807, 2.05) is 43.3 Å². The molecule has 1 saturated heterocycles. The molecule has 1 aliphatic heterocycles. The summed E-state index contributed by atoms with van der Waals surface area (Å²) in [6, 6.07) is 6.77. The van der Waals surface area contributed by atoms with Gasteiger partial charge in [-0.3, -0.25) is 14.4 Å². The van der Waals surface area contributed by atoms with Crippen LogP contribution in [0.2, 0.25) is 0 Å². The van der Waals surface area contributed by atoms with Gasteiger partial charge in [-0.05, 0) is 44.2 Å². The monoisotopic (exact) mass is 511 g/mol. The second kappa shape index (κ2) is 12.3. The van der Waals surface area contributed by atoms with E-state index in [1.165, 1.54) is 0 Å². The second-order valence-corrected chi connectivity index (χ2v) is 9.73. The van der Waals surface area contributed by atoms with Gasteiger partial charge in [0.1, 0.15) is 18.2 Å². The van der Waals surface area contributed by atoms with Gasteiger partial charge in [0.25, 0.3) is 0 Å². The third-order valence-corrected chi connectivity index (χ3v) is 7.54. The van der Waals surface area contributed by atoms with E-state index in [0.717, 1.165) is 23.9 Å². The van der Waals surface area contributed by atoms with Crippen molar-refractivity contribution in [3.63, 3.8) is 0 Å². The highest BCUT2D eigenvalue weighted by Crippen LogP contribution is 2.45. The van der Waals surface area contributed by atoms with Gasteiger partial charge in [0, 0.05) is 19.1 Å². The predicted octanol–water partition coefficient (Wildman–Crippen LogP) is 2.28. The number of esters is 1. The van der Waals surface area contributed by atoms with Crippen molar-refractivity contribution in [3.05, 3.63) is 36.4 Å². The molecule has 200 valence electrons. The molecule has 1 aromatic heterocycles. The van der Waals surface area contributed by atoms with Gasteiger partial charge in [-0.15, -0.1) is 5.10 Å². The van der Waals surface area contributed by atoms with Gasteiger partial charge >= 0.3 is 5.97 Å². The average Bonchev–Trinajstić information content (AvgIpc) is 3.45. The number of fused-ring (bicyclic) bond motifs is 2. The summed E-state index contributed by atoms with van der Waals surface area (Å²) in [5.41, 5.74) is 1.53. The SMILES string of the molecule is CCOC(=O)[C@H]1[C@H]2C(=O)N(CCCCCCO)[C@H](C(=O)NCn3nnc4ccccc43)[C@H]2C=C[C@H]1CC. The Hall–Kier alpha value is -3.27. The Bertz CT molecular complexity index is 1130. The number of likely N-dealkylation sites (tertiary alicyclic amines) is 1. The molecule has 2 aromatic rings. The molecular weight excluding hydrogens is 474 g/mol. The number of ether oxygens (including phenoxy) is 1. The highest BCUT2D eigenvalue weighted by Gasteiger charge is 2.57. The normalized spacial score (nSPS) is 24.9. The first-order valence-electron chi connectivity index (χ1n) is 13.3. The molecule has 1 aliphatic carbocycles. The van der Waals surface area contributed by atoms with Crippen LogP contribution >= 0.6 is 0 Å². The maximum atomic E-state index is 13.8. The highest BCUT2D eigenvalue weighted by atomic mass is 16.5. The fourth-order valence-electron chi connectivity index (χ4n) is 5.73. The standard InChI is InChI=1S/C27H37N5O5/c1-3-18-13-14-19-23(22(18)27(36)37-4-2)26(35)31(15-9-5-6-10-16-33)24(19)25(34)28-17-32-21-12-8-7-11-20(21)29-30-32/h7-8,11-14,18-19,22-24,33H,3-6,9-10,15-17H2,1-2H3,(H,28,34)/t18-,19+,22-,23+,24+/m1/s1. The van der Waals surface area contributed by atoms with Crippen molar-refractivity contribution in [2.45, 2.75) is 58.7 Å². The third-order valence-electron chi connectivity index (χ3n) is 7.54. The second-order valence-electron chi connectivity index (χ2n) is 9.73. The molecule has 37 heavy (non-hydrogen) atoms. The average molecular weight is 512 g/mol. The molecule has 0 bridgehead atoms. The lowest BCUT2D eigenvalue weighted by molar-refractivity contribution is -0.155. The van der Waals surface area contributed by atoms with Gasteiger partial charge in [-0.2, -0.15) is 0 Å². The number of carbonyl (C=O) groups is 3. The van der Waals surface area contributed by atoms with Crippen LogP contribution in [0.5, 0.6) is 0 Å². The van der Waals surface area contributed by atoms with E-state index in [2.05, 4.69) is 15.6 Å². The highest BCUT2D eigenvalue weighted by molar-refractivity contribution is 5.96. The van der Waals surface area contributed by atoms with Crippen molar-refractivity contribution in [2.75, 3.05) is 19.8 Å². The summed E-state index contributed by atoms with van der Waals surface area (Å²) in [5, 5.41) is 20.3. The van der Waals surface area contributed by atoms with Crippen LogP contribution in [-0.2, 0) is 25.8 Å². The number of benzene rings is 1. The molecular formula is C27H37N5O5. The number of nitrogens with one attached hydrogen (secondary N) is 1. The number of allylic oxidation sites excluding steroid dienone is 1. The zero-order valence-corrected chi connectivity index (χ0v) is 21.6. The van der Waals surface area contributed by atoms with Crippen molar-refractivity contribution in [1.82, 2.24) is 25.2 Å². The zero-order chi connectivity index (χ0) is 26.4. The molecule has 0 spiro atoms. The van der Waals surface area contributed by atoms with Crippen LogP contribution < -0.4 is 5.32 Å². The smallest absolute Gasteiger partial charge is 0.310 e. The van der Waals surface area contributed by atoms with Crippen molar-refractivity contribution in [3.8, 4) is 0 Å². The van der Waals surface area contributed by atoms with Gasteiger partial charge in [-0.25, -0.2) is 4.68 Å². The summed E-state index contributed by atoms with van der Waals surface area (Å²) in [4.78, 5) is 42.1. The van der Waals surface area contributed by atoms with E-state index < -0.39 is 23.8 Å². The van der Waals surface area contributed by atoms with Crippen molar-refractivity contribution in [2.24, 2.45) is 23.7 Å². The van der Waals surface area contributed by atoms with Gasteiger partial charge in [0.2, 0.25) is 11.8 Å². The molecule has 0 unspecified atom stereocenters. The maximum absolute atomic E-state index is 13.8. The van der Waals surface area contributed by atoms with Crippen LogP contribution in [0.25, 0.3) is 11.0 Å². The number of aliphatic hydroxyl groups is 1. The number of unbranched alkanes of at least 4 members (excludes halogenated alkanes) is 3. The molecule has 5 atom stereocenters. The Morgan fingerprint density at radius 1 is 1.11 bits per heavy atom. The topological polar surface area (TPSA) is 127 Å². The Morgan fingerprint density at radius 2 is 1.89 bits per heavy atom. The molecule has 10 nitrogen and oxygen atoms in total. The molecule has 2 aliphatic rings. The number of hydrogen-bond donors (Lipinski definition) is 2. The molecule has 2 amide bonds. The quantitative estimate of drug-likeness (QED) is 0.254. The fourth-order valence-corrected chi connectivity index (χ4v) is 5.73. The number of carbonyl (C=O) groups excluding carboxylic acids is 3. The van der Waals surface area contributed by atoms with Crippen LogP contribution in [0.15, 0.2) is 36.4 Å². The van der Waals surface area contributed by atoms with Crippen LogP contribution in [0.4, 0.5) is 0 Å². The lowest BCUT2D eigenvalue weighted by Gasteiger charge is -2.33. The number of aromatic nitrogens is 3. The van der Waals surface area contributed by atoms with E-state index in [-0.39, 0.29) is 43.6 Å². The van der Waals surface area contributed by atoms with Gasteiger partial charge in [-0.1, -0.05) is 49.3 Å². The summed E-state index contributed by atoms with van der Waals surface area (Å²) < 4.78 is 6.99. The Labute approximate surface area is 217 Å². The largest absolute Gasteiger partial charge is 0.466 e. The number of hydrogen-bond acceptors (Lipinski definition) is 7. The molecule has 0 saturated carbocycles. The van der Waals surface area contributed by atoms with E-state index in [1.54, 1.807) is 16.5 Å². The summed E-state index contributed by atoms with van der Waals surface area (Å²) in [6.07, 6.45) is 7.75. The first kappa shape index (κ1) is 26.8. The lowest BCUT2D eigenvalue weighted by atomic mass is 9.69. The molecule has 2 heterocycles. The van der Waals surface area contributed by atoms with Crippen LogP contribution in [0.3, 0.4) is 0 Å². The van der Waals surface area contributed by atoms with Crippen LogP contribution in [-0.4, -0.2) is 68.6 Å². The molecule has 2 N–H and O–H groups in total. The maximum Gasteiger partial charge on any atom is 0.310 e. The minimum absolute atomic E-state index is 0.112. The minimum atomic E-state index is -0.726. The summed E-state index contributed by atoms with van der Waals surface area (Å²) in [7, 11) is 0. The molecule has 4 rings (SSSR count). The minimum Gasteiger partial charge on any atom is -0.466 e. The third kappa shape index (κ3) is 5.53. The summed E-state index contributed by atoms with van der Waals surface area (Å²) in [6.45, 7) is 4.67. The van der Waals surface area contributed by atoms with E-state index in [0.29, 0.717) is 25.8 Å². The lowest BCUT2D eigenvalue weighted by Crippen LogP contribution is -2.48. The number of nitrogens with zero attached hydrogens (tertiary/aromatic N) is 4. The van der Waals surface area contributed by atoms with Crippen molar-refractivity contribution in [1.29, 1.82) is 0 Å². The Morgan fingerprint density at radius 3 is 2.65 bits per heavy atom. The first-order chi connectivity index (χ1) is 18.0. The van der Waals surface area contributed by atoms with Gasteiger partial charge < -0.3 is 20.1 Å². The number of rotatable bonds is 12. The summed E-state index contributed by atoms with van der Waals surface area (Å²) >= 11 is 0. The number of aliphatic hydroxyl groups excluding tert-OH is 1. The number of para-hydroxylation sites is 1. The zero-order valence-electron chi connectivity index (χ0n) is 21.6. The number of amides is 2. The van der Waals surface area contributed by atoms with Gasteiger partial charge in [0.05, 0.1) is 24.0 Å². The van der Waals surface area contributed by atoms with Crippen LogP contribution in [0, 0.1) is 23.7 Å². The summed E-state index contributed by atoms with van der Waals surface area (Å²) in [5.74, 6) is -2.60. The molecule has 1 aromatic carbocycles. The molecule has 0 radical (unpaired) electrons. The van der Waals surface area contributed by atoms with E-state index in [9.17, 15) is 14.4 Å². The fraction of sp³-hybridized carbons (Fsp3) is 0.593. The van der Waals surface area contributed by atoms with E-state index in [4.69, 9.17) is 9.84 Å². The van der Waals surface area contributed by atoms with Crippen LogP contribution in [0.1, 0.15) is 46.0 Å². The van der Waals surface area contributed by atoms with Crippen molar-refractivity contribution >= 4 is 28.8 Å². The Kier molecular flexibility index (Phi) is 8.91. The molecule has 1 fully saturated rings.